The standard InChI is InChI=1S/C17H20BBrClN5O/c1-24(18-26-2)9-5-8-21-16-10-15(12-6-3-4-7-14(12)20)23-17-13(19)11-22-25(16)17/h3-4,6-7,10-11,18,21H,5,8-9H2,1-2H3. The number of benzene rings is 1. The van der Waals surface area contributed by atoms with Crippen molar-refractivity contribution in [2.75, 3.05) is 32.6 Å². The quantitative estimate of drug-likeness (QED) is 0.433. The van der Waals surface area contributed by atoms with Crippen molar-refractivity contribution >= 4 is 46.6 Å². The van der Waals surface area contributed by atoms with Crippen molar-refractivity contribution in [3.8, 4) is 11.3 Å². The van der Waals surface area contributed by atoms with Gasteiger partial charge >= 0.3 is 7.62 Å². The number of anilines is 1. The molecule has 0 unspecified atom stereocenters. The van der Waals surface area contributed by atoms with Crippen LogP contribution in [0.4, 0.5) is 5.82 Å². The number of nitrogens with zero attached hydrogens (tertiary/aromatic N) is 4. The van der Waals surface area contributed by atoms with Gasteiger partial charge in [0, 0.05) is 30.3 Å². The molecule has 0 saturated heterocycles. The Hall–Kier alpha value is -1.61. The van der Waals surface area contributed by atoms with Gasteiger partial charge < -0.3 is 14.8 Å². The van der Waals surface area contributed by atoms with E-state index in [1.54, 1.807) is 17.8 Å². The second-order valence-electron chi connectivity index (χ2n) is 6.01. The van der Waals surface area contributed by atoms with E-state index in [4.69, 9.17) is 21.2 Å². The Kier molecular flexibility index (Phi) is 6.53. The average molecular weight is 437 g/mol. The molecule has 0 aliphatic carbocycles. The fourth-order valence-corrected chi connectivity index (χ4v) is 3.30. The number of rotatable bonds is 8. The van der Waals surface area contributed by atoms with Crippen molar-refractivity contribution in [3.63, 3.8) is 0 Å². The van der Waals surface area contributed by atoms with Crippen LogP contribution in [0.5, 0.6) is 0 Å². The SMILES string of the molecule is COBN(C)CCCNc1cc(-c2ccccc2Cl)nc2c(Br)cnn12. The van der Waals surface area contributed by atoms with Gasteiger partial charge in [-0.3, -0.25) is 0 Å². The summed E-state index contributed by atoms with van der Waals surface area (Å²) in [5.74, 6) is 0.880. The van der Waals surface area contributed by atoms with Crippen LogP contribution in [0.2, 0.25) is 5.02 Å². The van der Waals surface area contributed by atoms with Crippen LogP contribution in [0.3, 0.4) is 0 Å². The van der Waals surface area contributed by atoms with Crippen LogP contribution >= 0.6 is 27.5 Å². The van der Waals surface area contributed by atoms with Crippen molar-refractivity contribution in [1.82, 2.24) is 19.4 Å². The van der Waals surface area contributed by atoms with Gasteiger partial charge in [0.2, 0.25) is 0 Å². The molecule has 0 spiro atoms. The topological polar surface area (TPSA) is 54.7 Å². The number of halogens is 2. The molecule has 0 amide bonds. The zero-order chi connectivity index (χ0) is 18.5. The van der Waals surface area contributed by atoms with Crippen molar-refractivity contribution in [2.24, 2.45) is 0 Å². The first-order valence-corrected chi connectivity index (χ1v) is 9.48. The summed E-state index contributed by atoms with van der Waals surface area (Å²) in [4.78, 5) is 6.84. The molecular weight excluding hydrogens is 416 g/mol. The van der Waals surface area contributed by atoms with E-state index < -0.39 is 0 Å². The van der Waals surface area contributed by atoms with Gasteiger partial charge in [0.15, 0.2) is 5.65 Å². The van der Waals surface area contributed by atoms with Gasteiger partial charge in [0.25, 0.3) is 0 Å². The lowest BCUT2D eigenvalue weighted by Crippen LogP contribution is -2.27. The first-order chi connectivity index (χ1) is 12.6. The molecule has 136 valence electrons. The molecule has 9 heteroatoms. The summed E-state index contributed by atoms with van der Waals surface area (Å²) < 4.78 is 7.76. The van der Waals surface area contributed by atoms with Gasteiger partial charge in [-0.05, 0) is 42.0 Å². The third-order valence-electron chi connectivity index (χ3n) is 3.95. The smallest absolute Gasteiger partial charge is 0.363 e. The number of nitrogens with one attached hydrogen (secondary N) is 1. The third kappa shape index (κ3) is 4.38. The van der Waals surface area contributed by atoms with E-state index in [0.717, 1.165) is 46.7 Å². The Morgan fingerprint density at radius 2 is 2.19 bits per heavy atom. The van der Waals surface area contributed by atoms with Crippen LogP contribution in [0, 0.1) is 0 Å². The Morgan fingerprint density at radius 1 is 1.38 bits per heavy atom. The van der Waals surface area contributed by atoms with E-state index in [1.165, 1.54) is 0 Å². The summed E-state index contributed by atoms with van der Waals surface area (Å²) >= 11 is 9.87. The van der Waals surface area contributed by atoms with Crippen LogP contribution in [0.15, 0.2) is 41.0 Å². The van der Waals surface area contributed by atoms with Gasteiger partial charge in [-0.25, -0.2) is 4.98 Å². The molecule has 0 saturated carbocycles. The highest BCUT2D eigenvalue weighted by Gasteiger charge is 2.13. The Balaban J connectivity index is 1.84. The Bertz CT molecular complexity index is 891. The van der Waals surface area contributed by atoms with E-state index in [0.29, 0.717) is 12.6 Å². The summed E-state index contributed by atoms with van der Waals surface area (Å²) in [5.41, 5.74) is 2.46. The molecule has 0 atom stereocenters. The lowest BCUT2D eigenvalue weighted by molar-refractivity contribution is 0.367. The van der Waals surface area contributed by atoms with Crippen LogP contribution in [-0.4, -0.2) is 54.3 Å². The fourth-order valence-electron chi connectivity index (χ4n) is 2.72. The zero-order valence-corrected chi connectivity index (χ0v) is 17.1. The Morgan fingerprint density at radius 3 is 2.96 bits per heavy atom. The number of aromatic nitrogens is 3. The molecule has 1 N–H and O–H groups in total. The summed E-state index contributed by atoms with van der Waals surface area (Å²) in [6, 6.07) is 9.68. The van der Waals surface area contributed by atoms with Gasteiger partial charge in [-0.1, -0.05) is 29.8 Å². The van der Waals surface area contributed by atoms with Gasteiger partial charge in [0.1, 0.15) is 5.82 Å². The summed E-state index contributed by atoms with van der Waals surface area (Å²) in [6.07, 6.45) is 2.73. The Labute approximate surface area is 166 Å². The maximum absolute atomic E-state index is 6.36. The molecule has 26 heavy (non-hydrogen) atoms. The van der Waals surface area contributed by atoms with Crippen molar-refractivity contribution in [3.05, 3.63) is 46.0 Å². The first-order valence-electron chi connectivity index (χ1n) is 8.30. The molecule has 2 aromatic heterocycles. The normalized spacial score (nSPS) is 11.3. The van der Waals surface area contributed by atoms with E-state index in [2.05, 4.69) is 31.2 Å². The molecule has 0 fully saturated rings. The molecule has 2 heterocycles. The maximum atomic E-state index is 6.36. The maximum Gasteiger partial charge on any atom is 0.363 e. The van der Waals surface area contributed by atoms with E-state index in [1.807, 2.05) is 37.4 Å². The first kappa shape index (κ1) is 19.2. The number of hydrogen-bond acceptors (Lipinski definition) is 5. The van der Waals surface area contributed by atoms with Crippen molar-refractivity contribution < 1.29 is 4.65 Å². The second-order valence-corrected chi connectivity index (χ2v) is 7.27. The summed E-state index contributed by atoms with van der Waals surface area (Å²) in [5, 5.41) is 8.53. The van der Waals surface area contributed by atoms with Crippen LogP contribution in [0.1, 0.15) is 6.42 Å². The molecular formula is C17H20BBrClN5O. The fraction of sp³-hybridized carbons (Fsp3) is 0.294. The van der Waals surface area contributed by atoms with Gasteiger partial charge in [0.05, 0.1) is 16.4 Å². The molecule has 3 rings (SSSR count). The number of fused-ring (bicyclic) bond motifs is 1. The number of hydrogen-bond donors (Lipinski definition) is 1. The van der Waals surface area contributed by atoms with E-state index >= 15 is 0 Å². The molecule has 1 aromatic carbocycles. The molecule has 0 aliphatic heterocycles. The lowest BCUT2D eigenvalue weighted by Gasteiger charge is -2.15. The second kappa shape index (κ2) is 8.86. The van der Waals surface area contributed by atoms with Crippen LogP contribution in [-0.2, 0) is 4.65 Å². The third-order valence-corrected chi connectivity index (χ3v) is 4.84. The zero-order valence-electron chi connectivity index (χ0n) is 14.7. The average Bonchev–Trinajstić information content (AvgIpc) is 3.00. The van der Waals surface area contributed by atoms with E-state index in [-0.39, 0.29) is 0 Å². The van der Waals surface area contributed by atoms with Gasteiger partial charge in [-0.2, -0.15) is 9.61 Å². The predicted octanol–water partition coefficient (Wildman–Crippen LogP) is 3.46. The molecule has 6 nitrogen and oxygen atoms in total. The van der Waals surface area contributed by atoms with Gasteiger partial charge in [-0.15, -0.1) is 0 Å². The minimum atomic E-state index is 0.627. The molecule has 0 radical (unpaired) electrons. The van der Waals surface area contributed by atoms with Crippen LogP contribution in [0.25, 0.3) is 16.9 Å². The van der Waals surface area contributed by atoms with Crippen LogP contribution < -0.4 is 5.32 Å². The minimum absolute atomic E-state index is 0.627. The van der Waals surface area contributed by atoms with Crippen molar-refractivity contribution in [1.29, 1.82) is 0 Å². The van der Waals surface area contributed by atoms with Crippen molar-refractivity contribution in [2.45, 2.75) is 6.42 Å². The molecule has 3 aromatic rings. The summed E-state index contributed by atoms with van der Waals surface area (Å²) in [7, 11) is 4.37. The minimum Gasteiger partial charge on any atom is -0.427 e. The summed E-state index contributed by atoms with van der Waals surface area (Å²) in [6.45, 7) is 1.75. The predicted molar refractivity (Wildman–Crippen MR) is 111 cm³/mol. The van der Waals surface area contributed by atoms with E-state index in [9.17, 15) is 0 Å². The highest BCUT2D eigenvalue weighted by molar-refractivity contribution is 9.10. The largest absolute Gasteiger partial charge is 0.427 e. The highest BCUT2D eigenvalue weighted by Crippen LogP contribution is 2.30. The molecule has 0 bridgehead atoms. The lowest BCUT2D eigenvalue weighted by atomic mass is 10.1. The molecule has 0 aliphatic rings. The highest BCUT2D eigenvalue weighted by atomic mass is 79.9. The monoisotopic (exact) mass is 435 g/mol.